The van der Waals surface area contributed by atoms with Crippen molar-refractivity contribution in [3.05, 3.63) is 48.0 Å². The van der Waals surface area contributed by atoms with E-state index in [4.69, 9.17) is 4.74 Å². The smallest absolute Gasteiger partial charge is 0.331 e. The van der Waals surface area contributed by atoms with Crippen molar-refractivity contribution in [1.82, 2.24) is 5.32 Å². The topological polar surface area (TPSA) is 81.7 Å². The Hall–Kier alpha value is -2.63. The molecule has 0 bridgehead atoms. The number of ether oxygens (including phenoxy) is 2. The first-order valence-corrected chi connectivity index (χ1v) is 6.27. The first-order chi connectivity index (χ1) is 10.0. The van der Waals surface area contributed by atoms with Gasteiger partial charge in [0.15, 0.2) is 0 Å². The molecule has 0 aliphatic rings. The summed E-state index contributed by atoms with van der Waals surface area (Å²) in [4.78, 5) is 33.5. The van der Waals surface area contributed by atoms with E-state index in [2.05, 4.69) is 10.1 Å². The summed E-state index contributed by atoms with van der Waals surface area (Å²) >= 11 is 0. The van der Waals surface area contributed by atoms with E-state index in [9.17, 15) is 14.4 Å². The standard InChI is InChI=1S/C15H17NO5/c1-11(17)16-13(12-6-4-3-5-7-12)10-21-15(19)9-8-14(18)20-2/h3-9,13H,10H2,1-2H3,(H,16,17)/b9-8+/t13-/m1/s1. The van der Waals surface area contributed by atoms with E-state index in [1.807, 2.05) is 30.3 Å². The average Bonchev–Trinajstić information content (AvgIpc) is 2.49. The molecule has 21 heavy (non-hydrogen) atoms. The minimum absolute atomic E-state index is 0.0338. The Balaban J connectivity index is 2.62. The van der Waals surface area contributed by atoms with Crippen LogP contribution in [0, 0.1) is 0 Å². The fourth-order valence-electron chi connectivity index (χ4n) is 1.57. The molecule has 0 unspecified atom stereocenters. The van der Waals surface area contributed by atoms with Gasteiger partial charge in [0.05, 0.1) is 13.2 Å². The lowest BCUT2D eigenvalue weighted by Crippen LogP contribution is -2.30. The number of carbonyl (C=O) groups excluding carboxylic acids is 3. The third-order valence-electron chi connectivity index (χ3n) is 2.53. The quantitative estimate of drug-likeness (QED) is 0.628. The van der Waals surface area contributed by atoms with E-state index >= 15 is 0 Å². The van der Waals surface area contributed by atoms with Crippen molar-refractivity contribution >= 4 is 17.8 Å². The maximum Gasteiger partial charge on any atom is 0.331 e. The monoisotopic (exact) mass is 291 g/mol. The van der Waals surface area contributed by atoms with Gasteiger partial charge in [-0.3, -0.25) is 4.79 Å². The zero-order valence-corrected chi connectivity index (χ0v) is 11.9. The van der Waals surface area contributed by atoms with Crippen molar-refractivity contribution in [2.24, 2.45) is 0 Å². The maximum atomic E-state index is 11.5. The highest BCUT2D eigenvalue weighted by Crippen LogP contribution is 2.13. The lowest BCUT2D eigenvalue weighted by molar-refractivity contribution is -0.140. The Kier molecular flexibility index (Phi) is 6.67. The van der Waals surface area contributed by atoms with E-state index in [0.717, 1.165) is 17.7 Å². The predicted octanol–water partition coefficient (Wildman–Crippen LogP) is 1.14. The van der Waals surface area contributed by atoms with Crippen molar-refractivity contribution in [3.63, 3.8) is 0 Å². The lowest BCUT2D eigenvalue weighted by atomic mass is 10.1. The predicted molar refractivity (Wildman–Crippen MR) is 75.1 cm³/mol. The molecule has 1 rings (SSSR count). The fraction of sp³-hybridized carbons (Fsp3) is 0.267. The van der Waals surface area contributed by atoms with Gasteiger partial charge in [-0.05, 0) is 5.56 Å². The first-order valence-electron chi connectivity index (χ1n) is 6.27. The molecule has 1 amide bonds. The molecule has 6 heteroatoms. The fourth-order valence-corrected chi connectivity index (χ4v) is 1.57. The van der Waals surface area contributed by atoms with Crippen LogP contribution in [0.5, 0.6) is 0 Å². The second-order valence-electron chi connectivity index (χ2n) is 4.15. The molecule has 0 aliphatic heterocycles. The third kappa shape index (κ3) is 6.38. The highest BCUT2D eigenvalue weighted by atomic mass is 16.5. The molecule has 1 atom stereocenters. The summed E-state index contributed by atoms with van der Waals surface area (Å²) in [6.07, 6.45) is 1.94. The van der Waals surface area contributed by atoms with Crippen molar-refractivity contribution in [2.45, 2.75) is 13.0 Å². The molecule has 1 N–H and O–H groups in total. The summed E-state index contributed by atoms with van der Waals surface area (Å²) in [5, 5.41) is 2.70. The molecule has 6 nitrogen and oxygen atoms in total. The SMILES string of the molecule is COC(=O)/C=C/C(=O)OC[C@@H](NC(C)=O)c1ccccc1. The van der Waals surface area contributed by atoms with E-state index in [0.29, 0.717) is 0 Å². The minimum atomic E-state index is -0.688. The van der Waals surface area contributed by atoms with Crippen LogP contribution < -0.4 is 5.32 Å². The van der Waals surface area contributed by atoms with Crippen LogP contribution >= 0.6 is 0 Å². The number of rotatable bonds is 6. The van der Waals surface area contributed by atoms with Gasteiger partial charge >= 0.3 is 11.9 Å². The summed E-state index contributed by atoms with van der Waals surface area (Å²) in [6.45, 7) is 1.35. The number of carbonyl (C=O) groups is 3. The van der Waals surface area contributed by atoms with E-state index < -0.39 is 18.0 Å². The Labute approximate surface area is 122 Å². The lowest BCUT2D eigenvalue weighted by Gasteiger charge is -2.17. The first kappa shape index (κ1) is 16.4. The van der Waals surface area contributed by atoms with Gasteiger partial charge in [-0.15, -0.1) is 0 Å². The van der Waals surface area contributed by atoms with Crippen LogP contribution in [0.25, 0.3) is 0 Å². The van der Waals surface area contributed by atoms with Crippen LogP contribution in [0.15, 0.2) is 42.5 Å². The Morgan fingerprint density at radius 2 is 1.76 bits per heavy atom. The van der Waals surface area contributed by atoms with Crippen molar-refractivity contribution < 1.29 is 23.9 Å². The van der Waals surface area contributed by atoms with Gasteiger partial charge < -0.3 is 14.8 Å². The van der Waals surface area contributed by atoms with Gasteiger partial charge in [0, 0.05) is 19.1 Å². The van der Waals surface area contributed by atoms with Gasteiger partial charge in [-0.25, -0.2) is 9.59 Å². The molecular weight excluding hydrogens is 274 g/mol. The molecule has 0 heterocycles. The Morgan fingerprint density at radius 3 is 2.33 bits per heavy atom. The summed E-state index contributed by atoms with van der Waals surface area (Å²) in [6, 6.07) is 8.68. The van der Waals surface area contributed by atoms with Crippen LogP contribution in [-0.2, 0) is 23.9 Å². The molecule has 0 fully saturated rings. The molecule has 0 radical (unpaired) electrons. The van der Waals surface area contributed by atoms with Crippen LogP contribution in [0.2, 0.25) is 0 Å². The maximum absolute atomic E-state index is 11.5. The second-order valence-corrected chi connectivity index (χ2v) is 4.15. The molecule has 0 aliphatic carbocycles. The van der Waals surface area contributed by atoms with Gasteiger partial charge in [0.1, 0.15) is 6.61 Å². The van der Waals surface area contributed by atoms with E-state index in [1.165, 1.54) is 14.0 Å². The van der Waals surface area contributed by atoms with Crippen LogP contribution in [0.3, 0.4) is 0 Å². The van der Waals surface area contributed by atoms with Crippen LogP contribution in [0.1, 0.15) is 18.5 Å². The molecule has 0 saturated carbocycles. The number of benzene rings is 1. The molecular formula is C15H17NO5. The van der Waals surface area contributed by atoms with Crippen LogP contribution in [0.4, 0.5) is 0 Å². The number of hydrogen-bond acceptors (Lipinski definition) is 5. The third-order valence-corrected chi connectivity index (χ3v) is 2.53. The van der Waals surface area contributed by atoms with E-state index in [-0.39, 0.29) is 12.5 Å². The summed E-state index contributed by atoms with van der Waals surface area (Å²) in [5.74, 6) is -1.56. The highest BCUT2D eigenvalue weighted by Gasteiger charge is 2.14. The van der Waals surface area contributed by atoms with Crippen molar-refractivity contribution in [1.29, 1.82) is 0 Å². The Bertz CT molecular complexity index is 524. The van der Waals surface area contributed by atoms with Gasteiger partial charge in [0.25, 0.3) is 0 Å². The van der Waals surface area contributed by atoms with Gasteiger partial charge in [-0.1, -0.05) is 30.3 Å². The molecule has 0 saturated heterocycles. The molecule has 112 valence electrons. The van der Waals surface area contributed by atoms with E-state index in [1.54, 1.807) is 0 Å². The second kappa shape index (κ2) is 8.52. The molecule has 0 spiro atoms. The summed E-state index contributed by atoms with van der Waals surface area (Å²) in [7, 11) is 1.21. The highest BCUT2D eigenvalue weighted by molar-refractivity contribution is 5.91. The largest absolute Gasteiger partial charge is 0.466 e. The number of esters is 2. The van der Waals surface area contributed by atoms with Crippen LogP contribution in [-0.4, -0.2) is 31.6 Å². The number of nitrogens with one attached hydrogen (secondary N) is 1. The Morgan fingerprint density at radius 1 is 1.14 bits per heavy atom. The number of hydrogen-bond donors (Lipinski definition) is 1. The number of methoxy groups -OCH3 is 1. The van der Waals surface area contributed by atoms with Gasteiger partial charge in [0.2, 0.25) is 5.91 Å². The zero-order chi connectivity index (χ0) is 15.7. The normalized spacial score (nSPS) is 11.7. The van der Waals surface area contributed by atoms with Crippen molar-refractivity contribution in [2.75, 3.05) is 13.7 Å². The molecule has 0 aromatic heterocycles. The summed E-state index contributed by atoms with van der Waals surface area (Å²) in [5.41, 5.74) is 0.817. The molecule has 1 aromatic rings. The summed E-state index contributed by atoms with van der Waals surface area (Å²) < 4.78 is 9.36. The minimum Gasteiger partial charge on any atom is -0.466 e. The average molecular weight is 291 g/mol. The zero-order valence-electron chi connectivity index (χ0n) is 11.9. The van der Waals surface area contributed by atoms with Gasteiger partial charge in [-0.2, -0.15) is 0 Å². The van der Waals surface area contributed by atoms with Crippen molar-refractivity contribution in [3.8, 4) is 0 Å². The molecule has 1 aromatic carbocycles. The number of amides is 1.